The molecule has 5 nitrogen and oxygen atoms in total. The van der Waals surface area contributed by atoms with E-state index in [1.807, 2.05) is 55.9 Å². The third-order valence-corrected chi connectivity index (χ3v) is 5.56. The number of rotatable bonds is 3. The molecule has 0 bridgehead atoms. The Kier molecular flexibility index (Phi) is 4.24. The Bertz CT molecular complexity index is 1050. The van der Waals surface area contributed by atoms with Gasteiger partial charge in [-0.2, -0.15) is 0 Å². The lowest BCUT2D eigenvalue weighted by molar-refractivity contribution is 0.0928. The second kappa shape index (κ2) is 6.36. The molecule has 1 aromatic carbocycles. The van der Waals surface area contributed by atoms with E-state index in [0.29, 0.717) is 10.7 Å². The summed E-state index contributed by atoms with van der Waals surface area (Å²) in [6, 6.07) is 9.56. The number of pyridine rings is 1. The van der Waals surface area contributed by atoms with Crippen molar-refractivity contribution in [3.05, 3.63) is 64.1 Å². The number of carbonyl (C=O) groups excluding carboxylic acids is 1. The van der Waals surface area contributed by atoms with Crippen molar-refractivity contribution in [1.29, 1.82) is 0 Å². The minimum atomic E-state index is -0.423. The second-order valence-electron chi connectivity index (χ2n) is 7.85. The summed E-state index contributed by atoms with van der Waals surface area (Å²) in [6.45, 7) is 3.94. The van der Waals surface area contributed by atoms with Crippen LogP contribution in [0.3, 0.4) is 0 Å². The normalized spacial score (nSPS) is 16.6. The van der Waals surface area contributed by atoms with Gasteiger partial charge in [-0.05, 0) is 56.0 Å². The van der Waals surface area contributed by atoms with Gasteiger partial charge in [0.15, 0.2) is 0 Å². The van der Waals surface area contributed by atoms with Gasteiger partial charge in [-0.3, -0.25) is 9.78 Å². The maximum Gasteiger partial charge on any atom is 0.268 e. The van der Waals surface area contributed by atoms with Crippen LogP contribution >= 0.6 is 11.6 Å². The molecule has 1 amide bonds. The van der Waals surface area contributed by atoms with E-state index in [0.717, 1.165) is 35.0 Å². The number of hydrogen-bond donors (Lipinski definition) is 2. The molecular formula is C21H23ClN4O. The molecule has 2 aromatic heterocycles. The summed E-state index contributed by atoms with van der Waals surface area (Å²) in [5.74, 6) is -0.104. The molecule has 2 heterocycles. The van der Waals surface area contributed by atoms with Gasteiger partial charge >= 0.3 is 0 Å². The molecule has 0 saturated heterocycles. The standard InChI is InChI=1S/C21H23ClN4O/c1-21(2,23)14-8-13-5-7-16(19(13)24-11-14)25-20(27)18-9-12-4-6-15(22)10-17(12)26(18)3/h4,6,8-11,16H,5,7,23H2,1-3H3,(H,25,27). The first-order valence-corrected chi connectivity index (χ1v) is 9.46. The topological polar surface area (TPSA) is 72.9 Å². The first kappa shape index (κ1) is 18.0. The van der Waals surface area contributed by atoms with Crippen LogP contribution in [0.1, 0.15) is 53.6 Å². The molecule has 140 valence electrons. The lowest BCUT2D eigenvalue weighted by atomic mass is 9.95. The zero-order valence-corrected chi connectivity index (χ0v) is 16.5. The van der Waals surface area contributed by atoms with Crippen LogP contribution in [0, 0.1) is 0 Å². The van der Waals surface area contributed by atoms with Gasteiger partial charge in [0.25, 0.3) is 5.91 Å². The van der Waals surface area contributed by atoms with E-state index in [9.17, 15) is 4.79 Å². The largest absolute Gasteiger partial charge is 0.342 e. The minimum Gasteiger partial charge on any atom is -0.342 e. The van der Waals surface area contributed by atoms with Crippen LogP contribution in [0.2, 0.25) is 5.02 Å². The molecule has 1 aliphatic rings. The van der Waals surface area contributed by atoms with Gasteiger partial charge in [0.2, 0.25) is 0 Å². The number of hydrogen-bond acceptors (Lipinski definition) is 3. The summed E-state index contributed by atoms with van der Waals surface area (Å²) < 4.78 is 1.87. The van der Waals surface area contributed by atoms with Gasteiger partial charge in [0.05, 0.1) is 11.7 Å². The Balaban J connectivity index is 1.60. The number of halogens is 1. The molecule has 3 aromatic rings. The number of amides is 1. The average Bonchev–Trinajstić information content (AvgIpc) is 3.15. The van der Waals surface area contributed by atoms with Crippen molar-refractivity contribution in [3.63, 3.8) is 0 Å². The molecule has 0 spiro atoms. The average molecular weight is 383 g/mol. The Hall–Kier alpha value is -2.37. The first-order chi connectivity index (χ1) is 12.7. The number of carbonyl (C=O) groups is 1. The molecule has 0 radical (unpaired) electrons. The van der Waals surface area contributed by atoms with Crippen LogP contribution < -0.4 is 11.1 Å². The molecule has 0 saturated carbocycles. The molecule has 4 rings (SSSR count). The van der Waals surface area contributed by atoms with Crippen molar-refractivity contribution in [2.45, 2.75) is 38.3 Å². The van der Waals surface area contributed by atoms with E-state index in [-0.39, 0.29) is 11.9 Å². The summed E-state index contributed by atoms with van der Waals surface area (Å²) in [5, 5.41) is 4.79. The molecule has 1 atom stereocenters. The lowest BCUT2D eigenvalue weighted by Gasteiger charge is -2.20. The van der Waals surface area contributed by atoms with E-state index < -0.39 is 5.54 Å². The molecule has 1 aliphatic carbocycles. The van der Waals surface area contributed by atoms with E-state index >= 15 is 0 Å². The maximum atomic E-state index is 12.9. The molecule has 1 unspecified atom stereocenters. The zero-order valence-electron chi connectivity index (χ0n) is 15.7. The lowest BCUT2D eigenvalue weighted by Crippen LogP contribution is -2.30. The first-order valence-electron chi connectivity index (χ1n) is 9.08. The molecule has 3 N–H and O–H groups in total. The van der Waals surface area contributed by atoms with E-state index in [2.05, 4.69) is 16.4 Å². The third-order valence-electron chi connectivity index (χ3n) is 5.32. The third kappa shape index (κ3) is 3.22. The molecule has 0 aliphatic heterocycles. The fourth-order valence-electron chi connectivity index (χ4n) is 3.72. The van der Waals surface area contributed by atoms with E-state index in [4.69, 9.17) is 17.3 Å². The van der Waals surface area contributed by atoms with Crippen molar-refractivity contribution < 1.29 is 4.79 Å². The van der Waals surface area contributed by atoms with E-state index in [1.54, 1.807) is 0 Å². The van der Waals surface area contributed by atoms with Crippen molar-refractivity contribution in [2.75, 3.05) is 0 Å². The highest BCUT2D eigenvalue weighted by molar-refractivity contribution is 6.31. The van der Waals surface area contributed by atoms with Gasteiger partial charge < -0.3 is 15.6 Å². The predicted molar refractivity (Wildman–Crippen MR) is 108 cm³/mol. The minimum absolute atomic E-state index is 0.0796. The predicted octanol–water partition coefficient (Wildman–Crippen LogP) is 3.84. The fourth-order valence-corrected chi connectivity index (χ4v) is 3.88. The number of aromatic nitrogens is 2. The second-order valence-corrected chi connectivity index (χ2v) is 8.28. The molecule has 6 heteroatoms. The van der Waals surface area contributed by atoms with Crippen LogP contribution in [-0.4, -0.2) is 15.5 Å². The fraction of sp³-hybridized carbons (Fsp3) is 0.333. The van der Waals surface area contributed by atoms with Gasteiger partial charge in [0.1, 0.15) is 5.69 Å². The quantitative estimate of drug-likeness (QED) is 0.722. The summed E-state index contributed by atoms with van der Waals surface area (Å²) in [7, 11) is 1.88. The highest BCUT2D eigenvalue weighted by Gasteiger charge is 2.28. The number of fused-ring (bicyclic) bond motifs is 2. The van der Waals surface area contributed by atoms with Gasteiger partial charge in [0, 0.05) is 34.7 Å². The smallest absolute Gasteiger partial charge is 0.268 e. The number of nitrogens with two attached hydrogens (primary N) is 1. The van der Waals surface area contributed by atoms with Crippen LogP contribution in [-0.2, 0) is 19.0 Å². The van der Waals surface area contributed by atoms with Crippen molar-refractivity contribution in [1.82, 2.24) is 14.9 Å². The number of nitrogens with zero attached hydrogens (tertiary/aromatic N) is 2. The SMILES string of the molecule is Cn1c(C(=O)NC2CCc3cc(C(C)(C)N)cnc32)cc2ccc(Cl)cc21. The summed E-state index contributed by atoms with van der Waals surface area (Å²) >= 11 is 6.09. The summed E-state index contributed by atoms with van der Waals surface area (Å²) in [5.41, 5.74) is 10.4. The van der Waals surface area contributed by atoms with Crippen molar-refractivity contribution >= 4 is 28.4 Å². The molecule has 27 heavy (non-hydrogen) atoms. The Morgan fingerprint density at radius 1 is 1.33 bits per heavy atom. The maximum absolute atomic E-state index is 12.9. The van der Waals surface area contributed by atoms with E-state index in [1.165, 1.54) is 5.56 Å². The monoisotopic (exact) mass is 382 g/mol. The highest BCUT2D eigenvalue weighted by atomic mass is 35.5. The number of aryl methyl sites for hydroxylation is 2. The highest BCUT2D eigenvalue weighted by Crippen LogP contribution is 2.32. The van der Waals surface area contributed by atoms with Gasteiger partial charge in [-0.25, -0.2) is 0 Å². The molecular weight excluding hydrogens is 360 g/mol. The van der Waals surface area contributed by atoms with Crippen LogP contribution in [0.15, 0.2) is 36.5 Å². The van der Waals surface area contributed by atoms with Crippen LogP contribution in [0.4, 0.5) is 0 Å². The zero-order chi connectivity index (χ0) is 19.3. The van der Waals surface area contributed by atoms with Crippen molar-refractivity contribution in [3.8, 4) is 0 Å². The number of nitrogens with one attached hydrogen (secondary N) is 1. The summed E-state index contributed by atoms with van der Waals surface area (Å²) in [4.78, 5) is 17.5. The van der Waals surface area contributed by atoms with Crippen molar-refractivity contribution in [2.24, 2.45) is 12.8 Å². The molecule has 0 fully saturated rings. The Morgan fingerprint density at radius 2 is 2.11 bits per heavy atom. The summed E-state index contributed by atoms with van der Waals surface area (Å²) in [6.07, 6.45) is 3.56. The van der Waals surface area contributed by atoms with Crippen LogP contribution in [0.5, 0.6) is 0 Å². The number of benzene rings is 1. The van der Waals surface area contributed by atoms with Crippen LogP contribution in [0.25, 0.3) is 10.9 Å². The van der Waals surface area contributed by atoms with Gasteiger partial charge in [-0.1, -0.05) is 23.7 Å². The Labute approximate surface area is 163 Å². The van der Waals surface area contributed by atoms with Gasteiger partial charge in [-0.15, -0.1) is 0 Å². The Morgan fingerprint density at radius 3 is 2.85 bits per heavy atom.